The number of amides is 1. The van der Waals surface area contributed by atoms with Crippen LogP contribution >= 0.6 is 0 Å². The summed E-state index contributed by atoms with van der Waals surface area (Å²) in [5, 5.41) is 12.4. The Bertz CT molecular complexity index is 1360. The van der Waals surface area contributed by atoms with Gasteiger partial charge in [-0.2, -0.15) is 4.39 Å². The van der Waals surface area contributed by atoms with Gasteiger partial charge in [-0.3, -0.25) is 19.3 Å². The Morgan fingerprint density at radius 3 is 2.64 bits per heavy atom. The van der Waals surface area contributed by atoms with E-state index in [0.29, 0.717) is 13.0 Å². The van der Waals surface area contributed by atoms with Crippen LogP contribution < -0.4 is 15.2 Å². The molecular weight excluding hydrogens is 468 g/mol. The first-order valence-electron chi connectivity index (χ1n) is 11.6. The Kier molecular flexibility index (Phi) is 7.38. The van der Waals surface area contributed by atoms with E-state index in [0.717, 1.165) is 17.2 Å². The fourth-order valence-electron chi connectivity index (χ4n) is 4.17. The number of halogens is 2. The number of pyridine rings is 1. The summed E-state index contributed by atoms with van der Waals surface area (Å²) in [6, 6.07) is 12.4. The Hall–Kier alpha value is -4.14. The maximum atomic E-state index is 13.8. The number of hydrogen-bond acceptors (Lipinski definition) is 5. The van der Waals surface area contributed by atoms with Crippen LogP contribution in [0.5, 0.6) is 11.5 Å². The number of rotatable bonds is 8. The van der Waals surface area contributed by atoms with Crippen LogP contribution in [0, 0.1) is 18.6 Å². The minimum atomic E-state index is -1.06. The van der Waals surface area contributed by atoms with Crippen molar-refractivity contribution >= 4 is 5.91 Å². The van der Waals surface area contributed by atoms with Crippen LogP contribution in [0.25, 0.3) is 0 Å². The molecule has 0 fully saturated rings. The molecule has 1 N–H and O–H groups in total. The van der Waals surface area contributed by atoms with E-state index in [1.165, 1.54) is 29.1 Å². The number of aryl methyl sites for hydroxylation is 1. The average molecular weight is 496 g/mol. The number of aromatic nitrogens is 1. The summed E-state index contributed by atoms with van der Waals surface area (Å²) in [6.07, 6.45) is 5.40. The van der Waals surface area contributed by atoms with Crippen molar-refractivity contribution in [2.24, 2.45) is 0 Å². The molecule has 0 aliphatic carbocycles. The van der Waals surface area contributed by atoms with Gasteiger partial charge in [-0.15, -0.1) is 0 Å². The van der Waals surface area contributed by atoms with Crippen LogP contribution in [-0.2, 0) is 6.54 Å². The van der Waals surface area contributed by atoms with Gasteiger partial charge in [0, 0.05) is 12.3 Å². The lowest BCUT2D eigenvalue weighted by molar-refractivity contribution is 0.0631. The van der Waals surface area contributed by atoms with Crippen molar-refractivity contribution in [1.29, 1.82) is 0 Å². The highest BCUT2D eigenvalue weighted by Gasteiger charge is 2.35. The standard InChI is InChI=1S/C27H27F2N3O4/c1-3-20(10-7-15-36-23-12-6-11-21(28)24(23)29)31-17-30(16-19-9-5-4-8-18(19)2)32-14-13-22(33)26(34)25(32)27(31)35/h4-14,20,34H,3,15-17H2,1-2H3/b10-7+/t20-/m0/s1. The van der Waals surface area contributed by atoms with Gasteiger partial charge in [-0.05, 0) is 42.7 Å². The van der Waals surface area contributed by atoms with Gasteiger partial charge in [0.25, 0.3) is 5.91 Å². The fraction of sp³-hybridized carbons (Fsp3) is 0.259. The first kappa shape index (κ1) is 25.0. The van der Waals surface area contributed by atoms with Gasteiger partial charge in [0.2, 0.25) is 11.2 Å². The first-order valence-corrected chi connectivity index (χ1v) is 11.6. The van der Waals surface area contributed by atoms with E-state index in [1.54, 1.807) is 17.1 Å². The van der Waals surface area contributed by atoms with E-state index < -0.39 is 34.8 Å². The smallest absolute Gasteiger partial charge is 0.278 e. The zero-order valence-electron chi connectivity index (χ0n) is 20.0. The third-order valence-electron chi connectivity index (χ3n) is 6.18. The van der Waals surface area contributed by atoms with Crippen molar-refractivity contribution in [3.05, 3.63) is 106 Å². The highest BCUT2D eigenvalue weighted by molar-refractivity contribution is 5.96. The van der Waals surface area contributed by atoms with Gasteiger partial charge in [0.05, 0.1) is 12.6 Å². The molecule has 0 saturated heterocycles. The third-order valence-corrected chi connectivity index (χ3v) is 6.18. The van der Waals surface area contributed by atoms with Crippen LogP contribution in [0.15, 0.2) is 71.7 Å². The lowest BCUT2D eigenvalue weighted by Gasteiger charge is -2.42. The summed E-state index contributed by atoms with van der Waals surface area (Å²) < 4.78 is 34.1. The fourth-order valence-corrected chi connectivity index (χ4v) is 4.17. The lowest BCUT2D eigenvalue weighted by atomic mass is 10.1. The quantitative estimate of drug-likeness (QED) is 0.476. The summed E-state index contributed by atoms with van der Waals surface area (Å²) in [4.78, 5) is 27.1. The number of benzene rings is 2. The normalized spacial score (nSPS) is 14.3. The Morgan fingerprint density at radius 2 is 1.89 bits per heavy atom. The molecule has 0 saturated carbocycles. The van der Waals surface area contributed by atoms with E-state index in [2.05, 4.69) is 0 Å². The van der Waals surface area contributed by atoms with Gasteiger partial charge in [-0.1, -0.05) is 43.3 Å². The molecule has 0 radical (unpaired) electrons. The maximum absolute atomic E-state index is 13.8. The van der Waals surface area contributed by atoms with Crippen LogP contribution in [0.2, 0.25) is 0 Å². The molecule has 1 aromatic heterocycles. The van der Waals surface area contributed by atoms with Crippen molar-refractivity contribution in [3.8, 4) is 11.5 Å². The largest absolute Gasteiger partial charge is 0.502 e. The number of ether oxygens (including phenoxy) is 1. The molecule has 0 spiro atoms. The van der Waals surface area contributed by atoms with Gasteiger partial charge < -0.3 is 14.7 Å². The van der Waals surface area contributed by atoms with Crippen molar-refractivity contribution in [1.82, 2.24) is 9.58 Å². The summed E-state index contributed by atoms with van der Waals surface area (Å²) in [6.45, 7) is 4.49. The molecular formula is C27H27F2N3O4. The monoisotopic (exact) mass is 495 g/mol. The van der Waals surface area contributed by atoms with Crippen molar-refractivity contribution in [2.45, 2.75) is 32.9 Å². The summed E-state index contributed by atoms with van der Waals surface area (Å²) in [5.74, 6) is -3.35. The predicted octanol–water partition coefficient (Wildman–Crippen LogP) is 4.11. The zero-order valence-corrected chi connectivity index (χ0v) is 20.0. The van der Waals surface area contributed by atoms with Gasteiger partial charge >= 0.3 is 0 Å². The molecule has 4 rings (SSSR count). The van der Waals surface area contributed by atoms with Gasteiger partial charge in [0.15, 0.2) is 23.0 Å². The number of hydrogen-bond donors (Lipinski definition) is 1. The zero-order chi connectivity index (χ0) is 25.8. The molecule has 36 heavy (non-hydrogen) atoms. The van der Waals surface area contributed by atoms with Gasteiger partial charge in [-0.25, -0.2) is 4.39 Å². The number of carbonyl (C=O) groups excluding carboxylic acids is 1. The molecule has 2 heterocycles. The molecule has 1 aliphatic rings. The predicted molar refractivity (Wildman–Crippen MR) is 132 cm³/mol. The van der Waals surface area contributed by atoms with Crippen LogP contribution in [0.3, 0.4) is 0 Å². The van der Waals surface area contributed by atoms with E-state index in [4.69, 9.17) is 4.74 Å². The van der Waals surface area contributed by atoms with Gasteiger partial charge in [0.1, 0.15) is 13.3 Å². The highest BCUT2D eigenvalue weighted by Crippen LogP contribution is 2.25. The second kappa shape index (κ2) is 10.6. The number of aromatic hydroxyl groups is 1. The minimum Gasteiger partial charge on any atom is -0.502 e. The number of carbonyl (C=O) groups is 1. The summed E-state index contributed by atoms with van der Waals surface area (Å²) in [5.41, 5.74) is 1.36. The highest BCUT2D eigenvalue weighted by atomic mass is 19.2. The first-order chi connectivity index (χ1) is 17.3. The van der Waals surface area contributed by atoms with E-state index in [-0.39, 0.29) is 24.7 Å². The Labute approximate surface area is 207 Å². The third kappa shape index (κ3) is 4.95. The molecule has 1 amide bonds. The van der Waals surface area contributed by atoms with E-state index in [1.807, 2.05) is 43.1 Å². The van der Waals surface area contributed by atoms with Crippen LogP contribution in [0.4, 0.5) is 8.78 Å². The van der Waals surface area contributed by atoms with Crippen molar-refractivity contribution in [3.63, 3.8) is 0 Å². The summed E-state index contributed by atoms with van der Waals surface area (Å²) >= 11 is 0. The van der Waals surface area contributed by atoms with Crippen molar-refractivity contribution in [2.75, 3.05) is 18.3 Å². The molecule has 188 valence electrons. The molecule has 0 unspecified atom stereocenters. The maximum Gasteiger partial charge on any atom is 0.278 e. The SMILES string of the molecule is CC[C@@H](/C=C/COc1cccc(F)c1F)N1CN(Cc2ccccc2C)n2ccc(=O)c(O)c2C1=O. The topological polar surface area (TPSA) is 75.0 Å². The number of nitrogens with zero attached hydrogens (tertiary/aromatic N) is 3. The lowest BCUT2D eigenvalue weighted by Crippen LogP contribution is -2.56. The van der Waals surface area contributed by atoms with Crippen LogP contribution in [-0.4, -0.2) is 39.9 Å². The Balaban J connectivity index is 1.59. The second-order valence-electron chi connectivity index (χ2n) is 8.50. The molecule has 7 nitrogen and oxygen atoms in total. The average Bonchev–Trinajstić information content (AvgIpc) is 2.87. The Morgan fingerprint density at radius 1 is 1.11 bits per heavy atom. The number of fused-ring (bicyclic) bond motifs is 1. The molecule has 0 bridgehead atoms. The molecule has 1 aliphatic heterocycles. The van der Waals surface area contributed by atoms with Crippen molar-refractivity contribution < 1.29 is 23.4 Å². The minimum absolute atomic E-state index is 0.0346. The molecule has 3 aromatic rings. The van der Waals surface area contributed by atoms with E-state index >= 15 is 0 Å². The van der Waals surface area contributed by atoms with E-state index in [9.17, 15) is 23.5 Å². The second-order valence-corrected chi connectivity index (χ2v) is 8.50. The molecule has 9 heteroatoms. The molecule has 1 atom stereocenters. The van der Waals surface area contributed by atoms with Crippen LogP contribution in [0.1, 0.15) is 35.0 Å². The molecule has 2 aromatic carbocycles. The summed E-state index contributed by atoms with van der Waals surface area (Å²) in [7, 11) is 0.